The lowest BCUT2D eigenvalue weighted by molar-refractivity contribution is -0.137. The third-order valence-electron chi connectivity index (χ3n) is 3.59. The first kappa shape index (κ1) is 19.9. The number of amides is 1. The van der Waals surface area contributed by atoms with Gasteiger partial charge in [-0.25, -0.2) is 14.6 Å². The predicted molar refractivity (Wildman–Crippen MR) is 96.1 cm³/mol. The van der Waals surface area contributed by atoms with Gasteiger partial charge in [-0.15, -0.1) is 5.10 Å². The number of aromatic amines is 1. The van der Waals surface area contributed by atoms with Crippen LogP contribution in [0, 0.1) is 0 Å². The van der Waals surface area contributed by atoms with E-state index >= 15 is 0 Å². The molecule has 3 rings (SSSR count). The zero-order valence-corrected chi connectivity index (χ0v) is 15.5. The number of hydrogen-bond acceptors (Lipinski definition) is 6. The molecule has 0 spiro atoms. The maximum atomic E-state index is 13.0. The third kappa shape index (κ3) is 4.88. The fourth-order valence-corrected chi connectivity index (χ4v) is 2.97. The van der Waals surface area contributed by atoms with Crippen LogP contribution in [0.5, 0.6) is 0 Å². The monoisotopic (exact) mass is 411 g/mol. The second kappa shape index (κ2) is 8.42. The first-order valence-electron chi connectivity index (χ1n) is 8.27. The highest BCUT2D eigenvalue weighted by Gasteiger charge is 2.31. The van der Waals surface area contributed by atoms with Crippen molar-refractivity contribution in [2.45, 2.75) is 31.1 Å². The fraction of sp³-hybridized carbons (Fsp3) is 0.312. The van der Waals surface area contributed by atoms with Crippen LogP contribution >= 0.6 is 11.8 Å². The number of rotatable bonds is 7. The van der Waals surface area contributed by atoms with Gasteiger partial charge in [0.1, 0.15) is 18.5 Å². The van der Waals surface area contributed by atoms with Crippen molar-refractivity contribution in [1.29, 1.82) is 0 Å². The van der Waals surface area contributed by atoms with Crippen LogP contribution in [0.1, 0.15) is 24.7 Å². The Morgan fingerprint density at radius 2 is 2.18 bits per heavy atom. The van der Waals surface area contributed by atoms with Crippen LogP contribution in [0.4, 0.5) is 18.9 Å². The van der Waals surface area contributed by atoms with E-state index in [1.54, 1.807) is 0 Å². The number of benzene rings is 1. The van der Waals surface area contributed by atoms with E-state index in [4.69, 9.17) is 0 Å². The summed E-state index contributed by atoms with van der Waals surface area (Å²) in [5.74, 6) is 0.167. The van der Waals surface area contributed by atoms with Gasteiger partial charge in [0.15, 0.2) is 0 Å². The summed E-state index contributed by atoms with van der Waals surface area (Å²) < 4.78 is 40.4. The molecule has 12 heteroatoms. The van der Waals surface area contributed by atoms with E-state index in [1.807, 2.05) is 6.92 Å². The van der Waals surface area contributed by atoms with Gasteiger partial charge in [-0.3, -0.25) is 9.89 Å². The van der Waals surface area contributed by atoms with Crippen molar-refractivity contribution in [3.8, 4) is 5.69 Å². The zero-order valence-electron chi connectivity index (χ0n) is 14.7. The molecular formula is C16H16F3N7OS. The van der Waals surface area contributed by atoms with Crippen molar-refractivity contribution in [2.24, 2.45) is 0 Å². The Bertz CT molecular complexity index is 940. The van der Waals surface area contributed by atoms with Crippen LogP contribution in [0.15, 0.2) is 36.0 Å². The lowest BCUT2D eigenvalue weighted by atomic mass is 10.1. The van der Waals surface area contributed by atoms with Crippen LogP contribution in [0.2, 0.25) is 0 Å². The number of aryl methyl sites for hydroxylation is 1. The minimum Gasteiger partial charge on any atom is -0.323 e. The number of aromatic nitrogens is 6. The smallest absolute Gasteiger partial charge is 0.323 e. The van der Waals surface area contributed by atoms with E-state index in [0.717, 1.165) is 42.6 Å². The van der Waals surface area contributed by atoms with E-state index in [9.17, 15) is 18.0 Å². The highest BCUT2D eigenvalue weighted by molar-refractivity contribution is 7.99. The van der Waals surface area contributed by atoms with Gasteiger partial charge in [0, 0.05) is 6.42 Å². The van der Waals surface area contributed by atoms with Crippen LogP contribution < -0.4 is 5.32 Å². The summed E-state index contributed by atoms with van der Waals surface area (Å²) in [6.45, 7) is 2.00. The third-order valence-corrected chi connectivity index (χ3v) is 4.44. The van der Waals surface area contributed by atoms with Gasteiger partial charge in [0.25, 0.3) is 0 Å². The molecule has 0 aliphatic carbocycles. The normalized spacial score (nSPS) is 11.6. The van der Waals surface area contributed by atoms with Gasteiger partial charge in [-0.1, -0.05) is 18.7 Å². The molecule has 0 radical (unpaired) electrons. The Hall–Kier alpha value is -2.89. The highest BCUT2D eigenvalue weighted by Crippen LogP contribution is 2.33. The maximum Gasteiger partial charge on any atom is 0.416 e. The highest BCUT2D eigenvalue weighted by atomic mass is 32.2. The molecule has 2 N–H and O–H groups in total. The molecule has 1 aromatic carbocycles. The number of anilines is 1. The van der Waals surface area contributed by atoms with E-state index in [-0.39, 0.29) is 17.1 Å². The van der Waals surface area contributed by atoms with E-state index < -0.39 is 17.6 Å². The SMILES string of the molecule is CCCc1nc(SCC(=O)Nc2cc(C(F)(F)F)ccc2-n2cncn2)n[nH]1. The van der Waals surface area contributed by atoms with Gasteiger partial charge in [0.05, 0.1) is 22.7 Å². The second-order valence-electron chi connectivity index (χ2n) is 5.72. The number of carbonyl (C=O) groups excluding carboxylic acids is 1. The Balaban J connectivity index is 1.74. The minimum atomic E-state index is -4.54. The topological polar surface area (TPSA) is 101 Å². The Labute approximate surface area is 162 Å². The molecule has 3 aromatic rings. The van der Waals surface area contributed by atoms with Gasteiger partial charge < -0.3 is 5.32 Å². The molecule has 28 heavy (non-hydrogen) atoms. The first-order valence-corrected chi connectivity index (χ1v) is 9.25. The molecule has 0 saturated carbocycles. The summed E-state index contributed by atoms with van der Waals surface area (Å²) in [5, 5.41) is 13.6. The molecule has 0 aliphatic heterocycles. The lowest BCUT2D eigenvalue weighted by Gasteiger charge is -2.14. The number of nitrogens with one attached hydrogen (secondary N) is 2. The van der Waals surface area contributed by atoms with Crippen molar-refractivity contribution >= 4 is 23.4 Å². The number of carbonyl (C=O) groups is 1. The standard InChI is InChI=1S/C16H16F3N7OS/c1-2-3-13-23-15(25-24-13)28-7-14(27)22-11-6-10(16(17,18)19)4-5-12(11)26-9-20-8-21-26/h4-6,8-9H,2-3,7H2,1H3,(H,22,27)(H,23,24,25). The fourth-order valence-electron chi connectivity index (χ4n) is 2.35. The number of thioether (sulfide) groups is 1. The Morgan fingerprint density at radius 1 is 1.36 bits per heavy atom. The molecular weight excluding hydrogens is 395 g/mol. The molecule has 0 fully saturated rings. The molecule has 0 unspecified atom stereocenters. The largest absolute Gasteiger partial charge is 0.416 e. The number of H-pyrrole nitrogens is 1. The molecule has 0 aliphatic rings. The van der Waals surface area contributed by atoms with Crippen LogP contribution in [-0.2, 0) is 17.4 Å². The molecule has 8 nitrogen and oxygen atoms in total. The molecule has 0 atom stereocenters. The van der Waals surface area contributed by atoms with Crippen molar-refractivity contribution in [3.63, 3.8) is 0 Å². The first-order chi connectivity index (χ1) is 13.4. The minimum absolute atomic E-state index is 0.0208. The van der Waals surface area contributed by atoms with Crippen molar-refractivity contribution in [3.05, 3.63) is 42.2 Å². The number of halogens is 3. The molecule has 2 heterocycles. The van der Waals surface area contributed by atoms with Gasteiger partial charge in [0.2, 0.25) is 11.1 Å². The quantitative estimate of drug-likeness (QED) is 0.580. The van der Waals surface area contributed by atoms with Gasteiger partial charge in [-0.2, -0.15) is 18.3 Å². The average molecular weight is 411 g/mol. The summed E-state index contributed by atoms with van der Waals surface area (Å²) in [4.78, 5) is 20.3. The van der Waals surface area contributed by atoms with Crippen molar-refractivity contribution in [1.82, 2.24) is 29.9 Å². The lowest BCUT2D eigenvalue weighted by Crippen LogP contribution is -2.17. The van der Waals surface area contributed by atoms with Gasteiger partial charge in [-0.05, 0) is 24.6 Å². The van der Waals surface area contributed by atoms with Crippen molar-refractivity contribution < 1.29 is 18.0 Å². The summed E-state index contributed by atoms with van der Waals surface area (Å²) in [7, 11) is 0. The summed E-state index contributed by atoms with van der Waals surface area (Å²) in [6, 6.07) is 3.02. The molecule has 0 bridgehead atoms. The summed E-state index contributed by atoms with van der Waals surface area (Å²) in [5.41, 5.74) is -0.628. The summed E-state index contributed by atoms with van der Waals surface area (Å²) in [6.07, 6.45) is -0.318. The average Bonchev–Trinajstić information content (AvgIpc) is 3.31. The Kier molecular flexibility index (Phi) is 5.97. The second-order valence-corrected chi connectivity index (χ2v) is 6.66. The van der Waals surface area contributed by atoms with Gasteiger partial charge >= 0.3 is 6.18 Å². The van der Waals surface area contributed by atoms with E-state index in [2.05, 4.69) is 30.6 Å². The van der Waals surface area contributed by atoms with E-state index in [1.165, 1.54) is 23.4 Å². The van der Waals surface area contributed by atoms with Crippen LogP contribution in [-0.4, -0.2) is 41.6 Å². The summed E-state index contributed by atoms with van der Waals surface area (Å²) >= 11 is 1.09. The maximum absolute atomic E-state index is 13.0. The van der Waals surface area contributed by atoms with Crippen LogP contribution in [0.25, 0.3) is 5.69 Å². The molecule has 1 amide bonds. The Morgan fingerprint density at radius 3 is 2.86 bits per heavy atom. The van der Waals surface area contributed by atoms with E-state index in [0.29, 0.717) is 5.16 Å². The van der Waals surface area contributed by atoms with Crippen molar-refractivity contribution in [2.75, 3.05) is 11.1 Å². The predicted octanol–water partition coefficient (Wildman–Crippen LogP) is 3.09. The molecule has 148 valence electrons. The molecule has 2 aromatic heterocycles. The number of alkyl halides is 3. The molecule has 0 saturated heterocycles. The van der Waals surface area contributed by atoms with Crippen LogP contribution in [0.3, 0.4) is 0 Å². The zero-order chi connectivity index (χ0) is 20.1. The number of hydrogen-bond donors (Lipinski definition) is 2. The number of nitrogens with zero attached hydrogens (tertiary/aromatic N) is 5.